The molecule has 2 heterocycles. The van der Waals surface area contributed by atoms with Crippen LogP contribution in [0.1, 0.15) is 17.3 Å². The Bertz CT molecular complexity index is 679. The molecule has 0 aliphatic carbocycles. The molecule has 0 aliphatic heterocycles. The van der Waals surface area contributed by atoms with E-state index in [0.717, 1.165) is 6.33 Å². The van der Waals surface area contributed by atoms with Crippen molar-refractivity contribution in [3.63, 3.8) is 0 Å². The molecule has 0 aromatic carbocycles. The SMILES string of the molecule is CCOc1ncnc(NNC(=O)c2ccncc2)c1[N+](=O)[O-]. The Balaban J connectivity index is 2.17. The zero-order valence-electron chi connectivity index (χ0n) is 11.5. The van der Waals surface area contributed by atoms with Crippen molar-refractivity contribution in [1.29, 1.82) is 0 Å². The van der Waals surface area contributed by atoms with Crippen LogP contribution in [0.2, 0.25) is 0 Å². The van der Waals surface area contributed by atoms with Gasteiger partial charge in [0.2, 0.25) is 5.82 Å². The number of aromatic nitrogens is 3. The number of nitrogens with one attached hydrogen (secondary N) is 2. The zero-order valence-corrected chi connectivity index (χ0v) is 11.5. The van der Waals surface area contributed by atoms with Crippen molar-refractivity contribution in [3.8, 4) is 5.88 Å². The van der Waals surface area contributed by atoms with Gasteiger partial charge in [0, 0.05) is 18.0 Å². The molecule has 1 amide bonds. The number of hydrogen-bond acceptors (Lipinski definition) is 8. The van der Waals surface area contributed by atoms with Crippen molar-refractivity contribution in [3.05, 3.63) is 46.5 Å². The van der Waals surface area contributed by atoms with Crippen LogP contribution in [-0.4, -0.2) is 32.4 Å². The average Bonchev–Trinajstić information content (AvgIpc) is 2.53. The number of hydrazine groups is 1. The zero-order chi connectivity index (χ0) is 15.9. The summed E-state index contributed by atoms with van der Waals surface area (Å²) in [6.45, 7) is 1.88. The summed E-state index contributed by atoms with van der Waals surface area (Å²) in [4.78, 5) is 33.5. The first-order chi connectivity index (χ1) is 10.6. The molecule has 0 saturated heterocycles. The predicted octanol–water partition coefficient (Wildman–Crippen LogP) is 0.935. The molecule has 2 N–H and O–H groups in total. The summed E-state index contributed by atoms with van der Waals surface area (Å²) in [5.41, 5.74) is 4.59. The Hall–Kier alpha value is -3.30. The lowest BCUT2D eigenvalue weighted by Crippen LogP contribution is -2.30. The fourth-order valence-electron chi connectivity index (χ4n) is 1.55. The Labute approximate surface area is 124 Å². The number of pyridine rings is 1. The Morgan fingerprint density at radius 1 is 1.36 bits per heavy atom. The average molecular weight is 304 g/mol. The van der Waals surface area contributed by atoms with Crippen LogP contribution >= 0.6 is 0 Å². The van der Waals surface area contributed by atoms with Gasteiger partial charge in [-0.3, -0.25) is 30.7 Å². The number of nitro groups is 1. The van der Waals surface area contributed by atoms with Gasteiger partial charge in [0.15, 0.2) is 0 Å². The monoisotopic (exact) mass is 304 g/mol. The quantitative estimate of drug-likeness (QED) is 0.595. The summed E-state index contributed by atoms with van der Waals surface area (Å²) in [6, 6.07) is 2.99. The molecule has 0 radical (unpaired) electrons. The van der Waals surface area contributed by atoms with Gasteiger partial charge in [-0.1, -0.05) is 0 Å². The Kier molecular flexibility index (Phi) is 4.75. The van der Waals surface area contributed by atoms with E-state index in [1.54, 1.807) is 6.92 Å². The maximum Gasteiger partial charge on any atom is 0.374 e. The van der Waals surface area contributed by atoms with Gasteiger partial charge in [-0.2, -0.15) is 4.98 Å². The van der Waals surface area contributed by atoms with Crippen LogP contribution in [0.15, 0.2) is 30.9 Å². The highest BCUT2D eigenvalue weighted by Crippen LogP contribution is 2.30. The Morgan fingerprint density at radius 2 is 2.09 bits per heavy atom. The van der Waals surface area contributed by atoms with Gasteiger partial charge in [-0.15, -0.1) is 0 Å². The van der Waals surface area contributed by atoms with E-state index in [-0.39, 0.29) is 18.3 Å². The molecular weight excluding hydrogens is 292 g/mol. The lowest BCUT2D eigenvalue weighted by Gasteiger charge is -2.09. The highest BCUT2D eigenvalue weighted by molar-refractivity contribution is 5.94. The minimum Gasteiger partial charge on any atom is -0.473 e. The molecule has 0 fully saturated rings. The predicted molar refractivity (Wildman–Crippen MR) is 75.2 cm³/mol. The lowest BCUT2D eigenvalue weighted by atomic mass is 10.3. The van der Waals surface area contributed by atoms with Crippen LogP contribution in [0.5, 0.6) is 5.88 Å². The second-order valence-electron chi connectivity index (χ2n) is 3.88. The highest BCUT2D eigenvalue weighted by Gasteiger charge is 2.24. The van der Waals surface area contributed by atoms with E-state index in [4.69, 9.17) is 4.74 Å². The lowest BCUT2D eigenvalue weighted by molar-refractivity contribution is -0.385. The van der Waals surface area contributed by atoms with Crippen molar-refractivity contribution in [2.75, 3.05) is 12.0 Å². The number of ether oxygens (including phenoxy) is 1. The number of nitrogens with zero attached hydrogens (tertiary/aromatic N) is 4. The summed E-state index contributed by atoms with van der Waals surface area (Å²) >= 11 is 0. The number of carbonyl (C=O) groups excluding carboxylic acids is 1. The summed E-state index contributed by atoms with van der Waals surface area (Å²) in [5.74, 6) is -0.845. The number of anilines is 1. The molecule has 0 aliphatic rings. The van der Waals surface area contributed by atoms with Crippen molar-refractivity contribution < 1.29 is 14.5 Å². The van der Waals surface area contributed by atoms with Gasteiger partial charge in [0.25, 0.3) is 11.8 Å². The van der Waals surface area contributed by atoms with Crippen LogP contribution in [0.3, 0.4) is 0 Å². The molecule has 0 spiro atoms. The van der Waals surface area contributed by atoms with Crippen LogP contribution in [-0.2, 0) is 0 Å². The van der Waals surface area contributed by atoms with Gasteiger partial charge in [-0.25, -0.2) is 4.98 Å². The maximum atomic E-state index is 11.9. The van der Waals surface area contributed by atoms with Crippen molar-refractivity contribution in [1.82, 2.24) is 20.4 Å². The van der Waals surface area contributed by atoms with Gasteiger partial charge in [-0.05, 0) is 19.1 Å². The second-order valence-corrected chi connectivity index (χ2v) is 3.88. The van der Waals surface area contributed by atoms with E-state index in [9.17, 15) is 14.9 Å². The van der Waals surface area contributed by atoms with Crippen LogP contribution in [0.4, 0.5) is 11.5 Å². The number of amides is 1. The van der Waals surface area contributed by atoms with Crippen LogP contribution in [0, 0.1) is 10.1 Å². The number of rotatable bonds is 6. The summed E-state index contributed by atoms with van der Waals surface area (Å²) in [7, 11) is 0. The molecule has 0 bridgehead atoms. The van der Waals surface area contributed by atoms with Crippen LogP contribution < -0.4 is 15.6 Å². The third kappa shape index (κ3) is 3.42. The second kappa shape index (κ2) is 6.92. The molecule has 10 nitrogen and oxygen atoms in total. The fraction of sp³-hybridized carbons (Fsp3) is 0.167. The largest absolute Gasteiger partial charge is 0.473 e. The fourth-order valence-corrected chi connectivity index (χ4v) is 1.55. The van der Waals surface area contributed by atoms with E-state index in [1.165, 1.54) is 24.5 Å². The van der Waals surface area contributed by atoms with E-state index in [2.05, 4.69) is 25.8 Å². The molecule has 2 aromatic rings. The van der Waals surface area contributed by atoms with E-state index >= 15 is 0 Å². The molecule has 0 atom stereocenters. The summed E-state index contributed by atoms with van der Waals surface area (Å²) < 4.78 is 5.08. The van der Waals surface area contributed by atoms with E-state index < -0.39 is 16.5 Å². The van der Waals surface area contributed by atoms with Gasteiger partial charge >= 0.3 is 5.69 Å². The Morgan fingerprint density at radius 3 is 2.73 bits per heavy atom. The van der Waals surface area contributed by atoms with Crippen molar-refractivity contribution in [2.45, 2.75) is 6.92 Å². The first kappa shape index (κ1) is 15.1. The third-order valence-electron chi connectivity index (χ3n) is 2.49. The maximum absolute atomic E-state index is 11.9. The van der Waals surface area contributed by atoms with Crippen molar-refractivity contribution in [2.24, 2.45) is 0 Å². The summed E-state index contributed by atoms with van der Waals surface area (Å²) in [5, 5.41) is 11.1. The standard InChI is InChI=1S/C12H12N6O4/c1-2-22-12-9(18(20)21)10(14-7-15-12)16-17-11(19)8-3-5-13-6-4-8/h3-7H,2H2,1H3,(H,17,19)(H,14,15,16). The molecule has 2 rings (SSSR count). The van der Waals surface area contributed by atoms with E-state index in [1.807, 2.05) is 0 Å². The molecule has 114 valence electrons. The molecular formula is C12H12N6O4. The van der Waals surface area contributed by atoms with E-state index in [0.29, 0.717) is 5.56 Å². The van der Waals surface area contributed by atoms with Gasteiger partial charge in [0.1, 0.15) is 6.33 Å². The topological polar surface area (TPSA) is 132 Å². The number of carbonyl (C=O) groups is 1. The van der Waals surface area contributed by atoms with Crippen molar-refractivity contribution >= 4 is 17.4 Å². The normalized spacial score (nSPS) is 9.86. The molecule has 2 aromatic heterocycles. The smallest absolute Gasteiger partial charge is 0.374 e. The summed E-state index contributed by atoms with van der Waals surface area (Å²) in [6.07, 6.45) is 4.00. The van der Waals surface area contributed by atoms with Gasteiger partial charge in [0.05, 0.1) is 11.5 Å². The number of hydrogen-bond donors (Lipinski definition) is 2. The van der Waals surface area contributed by atoms with Gasteiger partial charge < -0.3 is 4.74 Å². The first-order valence-corrected chi connectivity index (χ1v) is 6.22. The third-order valence-corrected chi connectivity index (χ3v) is 2.49. The minimum absolute atomic E-state index is 0.175. The molecule has 0 unspecified atom stereocenters. The highest BCUT2D eigenvalue weighted by atomic mass is 16.6. The minimum atomic E-state index is -0.689. The molecule has 10 heteroatoms. The first-order valence-electron chi connectivity index (χ1n) is 6.22. The molecule has 22 heavy (non-hydrogen) atoms. The van der Waals surface area contributed by atoms with Crippen LogP contribution in [0.25, 0.3) is 0 Å². The molecule has 0 saturated carbocycles.